The van der Waals surface area contributed by atoms with Gasteiger partial charge in [0.05, 0.1) is 12.2 Å². The third-order valence-corrected chi connectivity index (χ3v) is 6.24. The molecule has 0 unspecified atom stereocenters. The summed E-state index contributed by atoms with van der Waals surface area (Å²) in [5, 5.41) is 21.9. The number of carboxylic acid groups (broad SMARTS) is 1. The minimum atomic E-state index is -1.01. The van der Waals surface area contributed by atoms with E-state index in [1.807, 2.05) is 18.2 Å². The van der Waals surface area contributed by atoms with E-state index in [1.165, 1.54) is 21.6 Å². The van der Waals surface area contributed by atoms with E-state index in [9.17, 15) is 9.59 Å². The van der Waals surface area contributed by atoms with Crippen LogP contribution in [0.4, 0.5) is 0 Å². The molecule has 0 aliphatic heterocycles. The second-order valence-corrected chi connectivity index (χ2v) is 8.36. The largest absolute Gasteiger partial charge is 0.480 e. The highest BCUT2D eigenvalue weighted by Gasteiger charge is 2.37. The Morgan fingerprint density at radius 3 is 2.62 bits per heavy atom. The van der Waals surface area contributed by atoms with Crippen molar-refractivity contribution in [3.8, 4) is 11.4 Å². The van der Waals surface area contributed by atoms with Gasteiger partial charge in [-0.15, -0.1) is 17.5 Å². The molecule has 3 N–H and O–H groups in total. The van der Waals surface area contributed by atoms with Crippen LogP contribution < -0.4 is 11.3 Å². The lowest BCUT2D eigenvalue weighted by Gasteiger charge is -2.40. The summed E-state index contributed by atoms with van der Waals surface area (Å²) in [5.74, 6) is -1.01. The van der Waals surface area contributed by atoms with Crippen LogP contribution in [0.2, 0.25) is 5.02 Å². The number of aromatic nitrogens is 5. The minimum absolute atomic E-state index is 0. The van der Waals surface area contributed by atoms with Gasteiger partial charge in [0.1, 0.15) is 17.9 Å². The number of aliphatic carboxylic acids is 1. The quantitative estimate of drug-likeness (QED) is 0.556. The molecule has 1 fully saturated rings. The van der Waals surface area contributed by atoms with Crippen LogP contribution in [0.15, 0.2) is 47.4 Å². The van der Waals surface area contributed by atoms with Gasteiger partial charge < -0.3 is 10.8 Å². The summed E-state index contributed by atoms with van der Waals surface area (Å²) in [7, 11) is 0. The Kier molecular flexibility index (Phi) is 7.33. The van der Waals surface area contributed by atoms with Crippen molar-refractivity contribution in [1.82, 2.24) is 24.8 Å². The smallest absolute Gasteiger partial charge is 0.325 e. The van der Waals surface area contributed by atoms with Crippen molar-refractivity contribution >= 4 is 30.0 Å². The van der Waals surface area contributed by atoms with Crippen LogP contribution in [0.1, 0.15) is 37.3 Å². The summed E-state index contributed by atoms with van der Waals surface area (Å²) in [5.41, 5.74) is 7.86. The Labute approximate surface area is 195 Å². The molecule has 0 atom stereocenters. The fourth-order valence-corrected chi connectivity index (χ4v) is 4.47. The van der Waals surface area contributed by atoms with E-state index in [-0.39, 0.29) is 36.0 Å². The molecule has 0 bridgehead atoms. The summed E-state index contributed by atoms with van der Waals surface area (Å²) in [6.45, 7) is 0.217. The number of nitrogens with two attached hydrogens (primary N) is 1. The molecule has 32 heavy (non-hydrogen) atoms. The number of rotatable bonds is 6. The first kappa shape index (κ1) is 23.9. The van der Waals surface area contributed by atoms with Gasteiger partial charge in [0, 0.05) is 23.0 Å². The third kappa shape index (κ3) is 4.85. The number of carbonyl (C=O) groups is 1. The summed E-state index contributed by atoms with van der Waals surface area (Å²) >= 11 is 6.19. The van der Waals surface area contributed by atoms with Crippen molar-refractivity contribution in [3.63, 3.8) is 0 Å². The highest BCUT2D eigenvalue weighted by Crippen LogP contribution is 2.42. The van der Waals surface area contributed by atoms with Gasteiger partial charge in [-0.25, -0.2) is 9.36 Å². The van der Waals surface area contributed by atoms with Gasteiger partial charge >= 0.3 is 5.97 Å². The normalized spacial score (nSPS) is 20.5. The zero-order valence-electron chi connectivity index (χ0n) is 17.2. The first-order chi connectivity index (χ1) is 14.9. The Morgan fingerprint density at radius 2 is 1.97 bits per heavy atom. The van der Waals surface area contributed by atoms with Crippen LogP contribution in [0.3, 0.4) is 0 Å². The summed E-state index contributed by atoms with van der Waals surface area (Å²) in [6.07, 6.45) is 4.66. The molecule has 1 aromatic carbocycles. The molecule has 1 saturated carbocycles. The number of hydrogen-bond acceptors (Lipinski definition) is 6. The van der Waals surface area contributed by atoms with Crippen molar-refractivity contribution in [3.05, 3.63) is 63.5 Å². The number of benzene rings is 1. The molecule has 170 valence electrons. The molecule has 2 heterocycles. The molecule has 0 saturated heterocycles. The molecule has 4 rings (SSSR count). The Morgan fingerprint density at radius 1 is 1.22 bits per heavy atom. The van der Waals surface area contributed by atoms with Crippen LogP contribution in [0, 0.1) is 0 Å². The van der Waals surface area contributed by atoms with E-state index in [2.05, 4.69) is 21.5 Å². The molecular weight excluding hydrogens is 455 g/mol. The molecule has 1 aliphatic rings. The second kappa shape index (κ2) is 9.81. The molecule has 1 aliphatic carbocycles. The van der Waals surface area contributed by atoms with Crippen molar-refractivity contribution in [2.24, 2.45) is 5.73 Å². The zero-order chi connectivity index (χ0) is 22.0. The number of nitrogens with zero attached hydrogens (tertiary/aromatic N) is 5. The average Bonchev–Trinajstić information content (AvgIpc) is 3.22. The highest BCUT2D eigenvalue weighted by molar-refractivity contribution is 6.30. The molecule has 0 spiro atoms. The Balaban J connectivity index is 0.00000289. The van der Waals surface area contributed by atoms with Crippen LogP contribution in [-0.2, 0) is 16.8 Å². The lowest BCUT2D eigenvalue weighted by molar-refractivity contribution is -0.137. The standard InChI is InChI=1S/C21H23ClN6O3.ClH/c22-15-3-1-2-14(10-15)21(13-23)8-6-16(7-9-21)28-19(29)5-4-17(25-28)18-11-27(26-24-18)12-20(30)31;/h1-5,10-11,16H,6-9,12-13,23H2,(H,30,31);1H/t16-,21-;. The number of halogens is 2. The second-order valence-electron chi connectivity index (χ2n) is 7.92. The third-order valence-electron chi connectivity index (χ3n) is 6.01. The first-order valence-corrected chi connectivity index (χ1v) is 10.5. The van der Waals surface area contributed by atoms with Crippen LogP contribution in [0.5, 0.6) is 0 Å². The van der Waals surface area contributed by atoms with Gasteiger partial charge in [-0.3, -0.25) is 9.59 Å². The molecule has 9 nitrogen and oxygen atoms in total. The summed E-state index contributed by atoms with van der Waals surface area (Å²) in [6, 6.07) is 10.8. The van der Waals surface area contributed by atoms with E-state index >= 15 is 0 Å². The van der Waals surface area contributed by atoms with Gasteiger partial charge in [-0.2, -0.15) is 5.10 Å². The molecular formula is C21H24Cl2N6O3. The predicted octanol–water partition coefficient (Wildman–Crippen LogP) is 2.67. The monoisotopic (exact) mass is 478 g/mol. The van der Waals surface area contributed by atoms with Crippen molar-refractivity contribution in [2.75, 3.05) is 6.54 Å². The summed E-state index contributed by atoms with van der Waals surface area (Å²) in [4.78, 5) is 23.4. The topological polar surface area (TPSA) is 129 Å². The van der Waals surface area contributed by atoms with E-state index < -0.39 is 5.97 Å². The first-order valence-electron chi connectivity index (χ1n) is 10.1. The molecule has 11 heteroatoms. The molecule has 3 aromatic rings. The van der Waals surface area contributed by atoms with Crippen molar-refractivity contribution in [1.29, 1.82) is 0 Å². The van der Waals surface area contributed by atoms with E-state index in [0.717, 1.165) is 31.2 Å². The fraction of sp³-hybridized carbons (Fsp3) is 0.381. The van der Waals surface area contributed by atoms with Gasteiger partial charge in [0.2, 0.25) is 0 Å². The molecule has 0 radical (unpaired) electrons. The highest BCUT2D eigenvalue weighted by atomic mass is 35.5. The Hall–Kier alpha value is -2.75. The zero-order valence-corrected chi connectivity index (χ0v) is 18.8. The van der Waals surface area contributed by atoms with Gasteiger partial charge in [-0.05, 0) is 49.4 Å². The summed E-state index contributed by atoms with van der Waals surface area (Å²) < 4.78 is 2.72. The van der Waals surface area contributed by atoms with Crippen LogP contribution in [0.25, 0.3) is 11.4 Å². The van der Waals surface area contributed by atoms with Gasteiger partial charge in [-0.1, -0.05) is 28.9 Å². The average molecular weight is 479 g/mol. The van der Waals surface area contributed by atoms with Crippen molar-refractivity contribution < 1.29 is 9.90 Å². The maximum atomic E-state index is 12.5. The maximum absolute atomic E-state index is 12.5. The van der Waals surface area contributed by atoms with Crippen LogP contribution in [-0.4, -0.2) is 42.4 Å². The molecule has 2 aromatic heterocycles. The van der Waals surface area contributed by atoms with Gasteiger partial charge in [0.15, 0.2) is 0 Å². The van der Waals surface area contributed by atoms with E-state index in [1.54, 1.807) is 6.07 Å². The maximum Gasteiger partial charge on any atom is 0.325 e. The van der Waals surface area contributed by atoms with Crippen molar-refractivity contribution in [2.45, 2.75) is 43.7 Å². The SMILES string of the molecule is Cl.NC[C@]1(c2cccc(Cl)c2)CC[C@H](n2nc(-c3cn(CC(=O)O)nn3)ccc2=O)CC1. The number of carboxylic acids is 1. The lowest BCUT2D eigenvalue weighted by Crippen LogP contribution is -2.41. The van der Waals surface area contributed by atoms with E-state index in [0.29, 0.717) is 23.0 Å². The van der Waals surface area contributed by atoms with Gasteiger partial charge in [0.25, 0.3) is 5.56 Å². The van der Waals surface area contributed by atoms with Crippen LogP contribution >= 0.6 is 24.0 Å². The minimum Gasteiger partial charge on any atom is -0.480 e. The number of hydrogen-bond donors (Lipinski definition) is 2. The predicted molar refractivity (Wildman–Crippen MR) is 122 cm³/mol. The lowest BCUT2D eigenvalue weighted by atomic mass is 9.68. The molecule has 0 amide bonds. The fourth-order valence-electron chi connectivity index (χ4n) is 4.28. The van der Waals surface area contributed by atoms with E-state index in [4.69, 9.17) is 22.4 Å². The Bertz CT molecular complexity index is 1150.